The van der Waals surface area contributed by atoms with Gasteiger partial charge in [-0.15, -0.1) is 11.6 Å². The van der Waals surface area contributed by atoms with Crippen LogP contribution in [0.3, 0.4) is 0 Å². The molecule has 1 aromatic heterocycles. The molecule has 0 saturated carbocycles. The van der Waals surface area contributed by atoms with E-state index in [0.717, 1.165) is 17.8 Å². The van der Waals surface area contributed by atoms with Gasteiger partial charge in [0.15, 0.2) is 0 Å². The minimum absolute atomic E-state index is 0.556. The molecule has 0 amide bonds. The summed E-state index contributed by atoms with van der Waals surface area (Å²) in [5.41, 5.74) is 3.69. The summed E-state index contributed by atoms with van der Waals surface area (Å²) >= 11 is 6.01. The number of aryl methyl sites for hydroxylation is 2. The van der Waals surface area contributed by atoms with Crippen molar-refractivity contribution in [2.45, 2.75) is 65.3 Å². The summed E-state index contributed by atoms with van der Waals surface area (Å²) in [6.45, 7) is 6.68. The van der Waals surface area contributed by atoms with Gasteiger partial charge in [0, 0.05) is 18.3 Å². The smallest absolute Gasteiger partial charge is 0.111 e. The highest BCUT2D eigenvalue weighted by Crippen LogP contribution is 2.29. The topological polar surface area (TPSA) is 17.8 Å². The van der Waals surface area contributed by atoms with Crippen molar-refractivity contribution >= 4 is 22.6 Å². The highest BCUT2D eigenvalue weighted by atomic mass is 35.5. The average Bonchev–Trinajstić information content (AvgIpc) is 2.84. The molecular formula is C18H27ClN2. The fourth-order valence-corrected chi connectivity index (χ4v) is 3.32. The molecule has 116 valence electrons. The van der Waals surface area contributed by atoms with Crippen LogP contribution < -0.4 is 0 Å². The summed E-state index contributed by atoms with van der Waals surface area (Å²) in [7, 11) is 0. The predicted octanol–water partition coefficient (Wildman–Crippen LogP) is 5.66. The predicted molar refractivity (Wildman–Crippen MR) is 92.4 cm³/mol. The number of imidazole rings is 1. The minimum Gasteiger partial charge on any atom is -0.325 e. The van der Waals surface area contributed by atoms with Crippen molar-refractivity contribution in [3.05, 3.63) is 29.6 Å². The summed E-state index contributed by atoms with van der Waals surface area (Å²) in [5, 5.41) is 0. The number of hydrogen-bond acceptors (Lipinski definition) is 1. The molecule has 0 saturated heterocycles. The zero-order valence-corrected chi connectivity index (χ0v) is 14.3. The first kappa shape index (κ1) is 16.4. The lowest BCUT2D eigenvalue weighted by Gasteiger charge is -2.21. The fourth-order valence-electron chi connectivity index (χ4n) is 3.15. The van der Waals surface area contributed by atoms with Crippen molar-refractivity contribution in [1.29, 1.82) is 0 Å². The van der Waals surface area contributed by atoms with Gasteiger partial charge in [-0.2, -0.15) is 0 Å². The molecule has 21 heavy (non-hydrogen) atoms. The number of fused-ring (bicyclic) bond motifs is 1. The van der Waals surface area contributed by atoms with Crippen molar-refractivity contribution in [3.63, 3.8) is 0 Å². The molecule has 0 aliphatic rings. The molecule has 0 fully saturated rings. The fraction of sp³-hybridized carbons (Fsp3) is 0.611. The lowest BCUT2D eigenvalue weighted by atomic mass is 10.0. The van der Waals surface area contributed by atoms with E-state index in [9.17, 15) is 0 Å². The van der Waals surface area contributed by atoms with E-state index in [0.29, 0.717) is 11.9 Å². The van der Waals surface area contributed by atoms with Gasteiger partial charge in [0.1, 0.15) is 5.82 Å². The van der Waals surface area contributed by atoms with E-state index in [2.05, 4.69) is 43.5 Å². The van der Waals surface area contributed by atoms with Crippen LogP contribution in [0, 0.1) is 6.92 Å². The molecule has 3 heteroatoms. The van der Waals surface area contributed by atoms with E-state index in [1.54, 1.807) is 0 Å². The Morgan fingerprint density at radius 3 is 2.67 bits per heavy atom. The van der Waals surface area contributed by atoms with E-state index in [1.807, 2.05) is 0 Å². The molecule has 0 bridgehead atoms. The molecule has 0 radical (unpaired) electrons. The lowest BCUT2D eigenvalue weighted by Crippen LogP contribution is -2.13. The highest BCUT2D eigenvalue weighted by molar-refractivity contribution is 6.17. The van der Waals surface area contributed by atoms with Gasteiger partial charge in [0.25, 0.3) is 0 Å². The SMILES string of the molecule is CCCCC(CCC)n1c(CCCl)nc2c(C)cccc21. The van der Waals surface area contributed by atoms with Gasteiger partial charge in [-0.1, -0.05) is 45.2 Å². The van der Waals surface area contributed by atoms with Crippen LogP contribution in [0.4, 0.5) is 0 Å². The van der Waals surface area contributed by atoms with Crippen LogP contribution in [0.2, 0.25) is 0 Å². The molecule has 2 rings (SSSR count). The Labute approximate surface area is 133 Å². The maximum absolute atomic E-state index is 6.01. The number of nitrogens with zero attached hydrogens (tertiary/aromatic N) is 2. The molecule has 1 unspecified atom stereocenters. The summed E-state index contributed by atoms with van der Waals surface area (Å²) < 4.78 is 2.48. The second-order valence-corrected chi connectivity index (χ2v) is 6.24. The Hall–Kier alpha value is -1.02. The van der Waals surface area contributed by atoms with Crippen LogP contribution in [0.25, 0.3) is 11.0 Å². The van der Waals surface area contributed by atoms with Crippen LogP contribution in [-0.4, -0.2) is 15.4 Å². The van der Waals surface area contributed by atoms with E-state index in [4.69, 9.17) is 16.6 Å². The molecular weight excluding hydrogens is 280 g/mol. The van der Waals surface area contributed by atoms with Gasteiger partial charge >= 0.3 is 0 Å². The Morgan fingerprint density at radius 1 is 1.19 bits per heavy atom. The molecule has 0 aliphatic heterocycles. The van der Waals surface area contributed by atoms with Gasteiger partial charge in [-0.3, -0.25) is 0 Å². The van der Waals surface area contributed by atoms with Crippen molar-refractivity contribution in [2.75, 3.05) is 5.88 Å². The maximum atomic E-state index is 6.01. The van der Waals surface area contributed by atoms with Gasteiger partial charge in [-0.25, -0.2) is 4.98 Å². The van der Waals surface area contributed by atoms with Gasteiger partial charge < -0.3 is 4.57 Å². The third-order valence-electron chi connectivity index (χ3n) is 4.19. The number of alkyl halides is 1. The molecule has 2 nitrogen and oxygen atoms in total. The van der Waals surface area contributed by atoms with Crippen molar-refractivity contribution in [2.24, 2.45) is 0 Å². The van der Waals surface area contributed by atoms with Crippen LogP contribution in [0.15, 0.2) is 18.2 Å². The molecule has 1 heterocycles. The number of benzene rings is 1. The van der Waals surface area contributed by atoms with Crippen LogP contribution in [0.1, 0.15) is 63.4 Å². The normalized spacial score (nSPS) is 13.0. The van der Waals surface area contributed by atoms with Crippen molar-refractivity contribution in [3.8, 4) is 0 Å². The quantitative estimate of drug-likeness (QED) is 0.576. The number of rotatable bonds is 8. The monoisotopic (exact) mass is 306 g/mol. The first-order valence-corrected chi connectivity index (χ1v) is 8.78. The molecule has 2 aromatic rings. The highest BCUT2D eigenvalue weighted by Gasteiger charge is 2.18. The zero-order valence-electron chi connectivity index (χ0n) is 13.5. The zero-order chi connectivity index (χ0) is 15.2. The Balaban J connectivity index is 2.51. The lowest BCUT2D eigenvalue weighted by molar-refractivity contribution is 0.415. The van der Waals surface area contributed by atoms with E-state index >= 15 is 0 Å². The van der Waals surface area contributed by atoms with Crippen molar-refractivity contribution in [1.82, 2.24) is 9.55 Å². The van der Waals surface area contributed by atoms with E-state index < -0.39 is 0 Å². The minimum atomic E-state index is 0.556. The molecule has 1 atom stereocenters. The Bertz CT molecular complexity index is 574. The summed E-state index contributed by atoms with van der Waals surface area (Å²) in [5.74, 6) is 1.79. The number of aromatic nitrogens is 2. The largest absolute Gasteiger partial charge is 0.325 e. The number of unbranched alkanes of at least 4 members (excludes halogenated alkanes) is 1. The number of para-hydroxylation sites is 1. The van der Waals surface area contributed by atoms with Crippen LogP contribution >= 0.6 is 11.6 Å². The third kappa shape index (κ3) is 3.60. The Morgan fingerprint density at radius 2 is 2.00 bits per heavy atom. The summed E-state index contributed by atoms with van der Waals surface area (Å²) in [6.07, 6.45) is 7.03. The average molecular weight is 307 g/mol. The van der Waals surface area contributed by atoms with E-state index in [-0.39, 0.29) is 0 Å². The third-order valence-corrected chi connectivity index (χ3v) is 4.38. The summed E-state index contributed by atoms with van der Waals surface area (Å²) in [6, 6.07) is 7.05. The Kier molecular flexibility index (Phi) is 6.10. The molecule has 0 aliphatic carbocycles. The second kappa shape index (κ2) is 7.84. The molecule has 0 N–H and O–H groups in total. The van der Waals surface area contributed by atoms with Gasteiger partial charge in [0.05, 0.1) is 11.0 Å². The molecule has 1 aromatic carbocycles. The number of hydrogen-bond donors (Lipinski definition) is 0. The van der Waals surface area contributed by atoms with Gasteiger partial charge in [0.2, 0.25) is 0 Å². The standard InChI is InChI=1S/C18H27ClN2/c1-4-6-10-15(8-5-2)21-16-11-7-9-14(3)18(16)20-17(21)12-13-19/h7,9,11,15H,4-6,8,10,12-13H2,1-3H3. The summed E-state index contributed by atoms with van der Waals surface area (Å²) in [4.78, 5) is 4.89. The molecule has 0 spiro atoms. The maximum Gasteiger partial charge on any atom is 0.111 e. The van der Waals surface area contributed by atoms with Gasteiger partial charge in [-0.05, 0) is 31.4 Å². The van der Waals surface area contributed by atoms with E-state index in [1.165, 1.54) is 43.2 Å². The van der Waals surface area contributed by atoms with Crippen LogP contribution in [0.5, 0.6) is 0 Å². The van der Waals surface area contributed by atoms with Crippen molar-refractivity contribution < 1.29 is 0 Å². The van der Waals surface area contributed by atoms with Crippen LogP contribution in [-0.2, 0) is 6.42 Å². The first-order chi connectivity index (χ1) is 10.2. The first-order valence-electron chi connectivity index (χ1n) is 8.25. The second-order valence-electron chi connectivity index (χ2n) is 5.86. The number of halogens is 1.